The normalized spacial score (nSPS) is 11.9. The van der Waals surface area contributed by atoms with Crippen molar-refractivity contribution in [1.29, 1.82) is 0 Å². The van der Waals surface area contributed by atoms with E-state index in [1.165, 1.54) is 17.0 Å². The van der Waals surface area contributed by atoms with E-state index in [4.69, 9.17) is 10.1 Å². The molecule has 3 heterocycles. The van der Waals surface area contributed by atoms with E-state index < -0.39 is 11.4 Å². The molecule has 3 aromatic heterocycles. The van der Waals surface area contributed by atoms with Crippen LogP contribution in [0.5, 0.6) is 0 Å². The van der Waals surface area contributed by atoms with Gasteiger partial charge in [-0.3, -0.25) is 4.98 Å². The minimum absolute atomic E-state index is 0.323. The Kier molecular flexibility index (Phi) is 4.92. The number of fused-ring (bicyclic) bond motifs is 2. The molecule has 0 N–H and O–H groups in total. The van der Waals surface area contributed by atoms with Gasteiger partial charge in [-0.25, -0.2) is 9.67 Å². The first kappa shape index (κ1) is 21.2. The summed E-state index contributed by atoms with van der Waals surface area (Å²) in [5.41, 5.74) is 4.31. The smallest absolute Gasteiger partial charge is 0.238 e. The van der Waals surface area contributed by atoms with Crippen LogP contribution in [0.2, 0.25) is 0 Å². The number of rotatable bonds is 4. The van der Waals surface area contributed by atoms with E-state index in [2.05, 4.69) is 49.2 Å². The summed E-state index contributed by atoms with van der Waals surface area (Å²) >= 11 is 0. The molecule has 0 amide bonds. The van der Waals surface area contributed by atoms with Gasteiger partial charge in [0, 0.05) is 17.1 Å². The average molecular weight is 459 g/mol. The van der Waals surface area contributed by atoms with Crippen LogP contribution in [0.25, 0.3) is 38.6 Å². The molecule has 170 valence electrons. The number of pyridine rings is 2. The van der Waals surface area contributed by atoms with E-state index >= 15 is 0 Å². The molecule has 4 nitrogen and oxygen atoms in total. The minimum atomic E-state index is -0.554. The van der Waals surface area contributed by atoms with E-state index in [0.717, 1.165) is 33.5 Å². The fourth-order valence-electron chi connectivity index (χ4n) is 4.66. The second-order valence-electron chi connectivity index (χ2n) is 9.19. The van der Waals surface area contributed by atoms with Crippen molar-refractivity contribution in [2.45, 2.75) is 19.3 Å². The molecule has 0 fully saturated rings. The van der Waals surface area contributed by atoms with Crippen LogP contribution in [0.3, 0.4) is 0 Å². The van der Waals surface area contributed by atoms with Crippen molar-refractivity contribution < 1.29 is 4.39 Å². The predicted molar refractivity (Wildman–Crippen MR) is 138 cm³/mol. The van der Waals surface area contributed by atoms with Crippen molar-refractivity contribution in [3.05, 3.63) is 121 Å². The van der Waals surface area contributed by atoms with Crippen molar-refractivity contribution in [1.82, 2.24) is 19.7 Å². The van der Waals surface area contributed by atoms with E-state index in [9.17, 15) is 4.39 Å². The summed E-state index contributed by atoms with van der Waals surface area (Å²) in [6.45, 7) is 4.22. The highest BCUT2D eigenvalue weighted by atomic mass is 19.1. The Morgan fingerprint density at radius 3 is 2.43 bits per heavy atom. The van der Waals surface area contributed by atoms with Gasteiger partial charge in [-0.05, 0) is 61.0 Å². The highest BCUT2D eigenvalue weighted by Gasteiger charge is 2.31. The Balaban J connectivity index is 1.49. The molecule has 0 saturated carbocycles. The first-order valence-corrected chi connectivity index (χ1v) is 11.6. The Bertz CT molecular complexity index is 1700. The lowest BCUT2D eigenvalue weighted by atomic mass is 9.83. The highest BCUT2D eigenvalue weighted by molar-refractivity contribution is 5.87. The van der Waals surface area contributed by atoms with Gasteiger partial charge in [0.15, 0.2) is 0 Å². The van der Waals surface area contributed by atoms with E-state index in [-0.39, 0.29) is 0 Å². The zero-order valence-corrected chi connectivity index (χ0v) is 19.5. The first-order valence-electron chi connectivity index (χ1n) is 11.6. The lowest BCUT2D eigenvalue weighted by molar-refractivity contribution is 0.560. The monoisotopic (exact) mass is 458 g/mol. The van der Waals surface area contributed by atoms with Crippen molar-refractivity contribution in [2.75, 3.05) is 0 Å². The first-order chi connectivity index (χ1) is 17.0. The average Bonchev–Trinajstić information content (AvgIpc) is 3.29. The maximum atomic E-state index is 14.6. The third-order valence-corrected chi connectivity index (χ3v) is 6.58. The Hall–Kier alpha value is -4.38. The number of benzene rings is 3. The largest absolute Gasteiger partial charge is 0.252 e. The topological polar surface area (TPSA) is 43.6 Å². The molecule has 5 heteroatoms. The van der Waals surface area contributed by atoms with E-state index in [1.807, 2.05) is 54.6 Å². The van der Waals surface area contributed by atoms with E-state index in [1.54, 1.807) is 16.8 Å². The minimum Gasteiger partial charge on any atom is -0.252 e. The second-order valence-corrected chi connectivity index (χ2v) is 9.19. The van der Waals surface area contributed by atoms with Gasteiger partial charge in [0.1, 0.15) is 5.69 Å². The molecule has 6 rings (SSSR count). The Morgan fingerprint density at radius 2 is 1.57 bits per heavy atom. The fraction of sp³-hybridized carbons (Fsp3) is 0.100. The summed E-state index contributed by atoms with van der Waals surface area (Å²) in [5, 5.41) is 8.25. The van der Waals surface area contributed by atoms with Crippen molar-refractivity contribution in [3.8, 4) is 16.9 Å². The van der Waals surface area contributed by atoms with Gasteiger partial charge in [0.2, 0.25) is 5.95 Å². The SMILES string of the molecule is CC(C)(c1cccc(-c2ccc3ccccc3c2)n1)c1nn(-c2cccnc2F)c2ccccc12. The highest BCUT2D eigenvalue weighted by Crippen LogP contribution is 2.36. The van der Waals surface area contributed by atoms with Crippen molar-refractivity contribution in [3.63, 3.8) is 0 Å². The molecule has 0 aliphatic carbocycles. The van der Waals surface area contributed by atoms with Gasteiger partial charge in [0.25, 0.3) is 0 Å². The summed E-state index contributed by atoms with van der Waals surface area (Å²) < 4.78 is 16.2. The summed E-state index contributed by atoms with van der Waals surface area (Å²) in [7, 11) is 0. The number of aromatic nitrogens is 4. The summed E-state index contributed by atoms with van der Waals surface area (Å²) in [6.07, 6.45) is 1.44. The third kappa shape index (κ3) is 3.56. The fourth-order valence-corrected chi connectivity index (χ4v) is 4.66. The van der Waals surface area contributed by atoms with Gasteiger partial charge in [-0.2, -0.15) is 9.49 Å². The quantitative estimate of drug-likeness (QED) is 0.265. The van der Waals surface area contributed by atoms with Crippen molar-refractivity contribution >= 4 is 21.7 Å². The summed E-state index contributed by atoms with van der Waals surface area (Å²) in [6, 6.07) is 32.1. The van der Waals surface area contributed by atoms with Crippen LogP contribution in [0.1, 0.15) is 25.2 Å². The number of nitrogens with zero attached hydrogens (tertiary/aromatic N) is 4. The number of hydrogen-bond acceptors (Lipinski definition) is 3. The summed E-state index contributed by atoms with van der Waals surface area (Å²) in [4.78, 5) is 8.89. The molecule has 0 aliphatic rings. The predicted octanol–water partition coefficient (Wildman–Crippen LogP) is 7.10. The second kappa shape index (κ2) is 8.13. The maximum Gasteiger partial charge on any atom is 0.238 e. The zero-order chi connectivity index (χ0) is 24.0. The Labute approximate surface area is 202 Å². The van der Waals surface area contributed by atoms with Crippen LogP contribution < -0.4 is 0 Å². The lowest BCUT2D eigenvalue weighted by Crippen LogP contribution is -2.22. The molecule has 35 heavy (non-hydrogen) atoms. The Morgan fingerprint density at radius 1 is 0.771 bits per heavy atom. The van der Waals surface area contributed by atoms with Gasteiger partial charge < -0.3 is 0 Å². The summed E-state index contributed by atoms with van der Waals surface area (Å²) in [5.74, 6) is -0.554. The molecule has 0 unspecified atom stereocenters. The molecule has 0 radical (unpaired) electrons. The molecule has 0 aliphatic heterocycles. The number of halogens is 1. The third-order valence-electron chi connectivity index (χ3n) is 6.58. The van der Waals surface area contributed by atoms with Gasteiger partial charge in [-0.1, -0.05) is 60.7 Å². The number of hydrogen-bond donors (Lipinski definition) is 0. The molecule has 0 bridgehead atoms. The molecule has 0 saturated heterocycles. The van der Waals surface area contributed by atoms with Crippen molar-refractivity contribution in [2.24, 2.45) is 0 Å². The van der Waals surface area contributed by atoms with E-state index in [0.29, 0.717) is 5.69 Å². The van der Waals surface area contributed by atoms with Crippen LogP contribution in [-0.4, -0.2) is 19.7 Å². The van der Waals surface area contributed by atoms with Gasteiger partial charge in [0.05, 0.1) is 28.0 Å². The van der Waals surface area contributed by atoms with Crippen LogP contribution in [0.15, 0.2) is 103 Å². The molecule has 0 atom stereocenters. The maximum absolute atomic E-state index is 14.6. The molecular weight excluding hydrogens is 435 g/mol. The standard InChI is InChI=1S/C30H23FN4/c1-30(2,27-15-7-12-24(33-27)22-17-16-20-9-3-4-10-21(20)19-22)28-23-11-5-6-13-25(23)35(34-28)26-14-8-18-32-29(26)31/h3-19H,1-2H3. The van der Waals surface area contributed by atoms with Crippen LogP contribution in [0, 0.1) is 5.95 Å². The molecule has 3 aromatic carbocycles. The molecule has 0 spiro atoms. The number of para-hydroxylation sites is 1. The van der Waals surface area contributed by atoms with Gasteiger partial charge in [-0.15, -0.1) is 0 Å². The van der Waals surface area contributed by atoms with Crippen LogP contribution >= 0.6 is 0 Å². The van der Waals surface area contributed by atoms with Crippen LogP contribution in [0.4, 0.5) is 4.39 Å². The zero-order valence-electron chi connectivity index (χ0n) is 19.5. The molecule has 6 aromatic rings. The van der Waals surface area contributed by atoms with Crippen LogP contribution in [-0.2, 0) is 5.41 Å². The lowest BCUT2D eigenvalue weighted by Gasteiger charge is -2.23. The van der Waals surface area contributed by atoms with Gasteiger partial charge >= 0.3 is 0 Å². The molecular formula is C30H23FN4.